The molecule has 0 aliphatic rings. The number of rotatable bonds is 29. The van der Waals surface area contributed by atoms with Crippen molar-refractivity contribution in [2.45, 2.75) is 181 Å². The maximum atomic E-state index is 2.31. The minimum atomic E-state index is 0.800. The second-order valence-corrected chi connectivity index (χ2v) is 14.8. The second-order valence-electron chi connectivity index (χ2n) is 10.4. The van der Waals surface area contributed by atoms with E-state index in [0.29, 0.717) is 0 Å². The van der Waals surface area contributed by atoms with Gasteiger partial charge >= 0.3 is 0 Å². The van der Waals surface area contributed by atoms with Gasteiger partial charge in [-0.3, -0.25) is 0 Å². The molecule has 0 saturated heterocycles. The highest BCUT2D eigenvalue weighted by atomic mass is 32.0. The van der Waals surface area contributed by atoms with Gasteiger partial charge in [0.05, 0.1) is 6.16 Å². The predicted octanol–water partition coefficient (Wildman–Crippen LogP) is 12.2. The van der Waals surface area contributed by atoms with Crippen LogP contribution in [0.15, 0.2) is 0 Å². The monoisotopic (exact) mass is 487 g/mol. The molecule has 2 unspecified atom stereocenters. The summed E-state index contributed by atoms with van der Waals surface area (Å²) in [7, 11) is 2.14. The standard InChI is InChI=1S/C30H64P2/c1-3-5-7-9-11-13-15-17-19-21-23-25-27-29-31-32-30-28-26-24-22-20-18-16-14-12-10-8-6-4-2/h31-32H,3-30H2,1-2H3/p+1. The summed E-state index contributed by atoms with van der Waals surface area (Å²) in [6.07, 6.45) is 41.8. The van der Waals surface area contributed by atoms with Gasteiger partial charge in [0.25, 0.3) is 0 Å². The van der Waals surface area contributed by atoms with Gasteiger partial charge in [-0.25, -0.2) is 0 Å². The minimum absolute atomic E-state index is 0.800. The lowest BCUT2D eigenvalue weighted by atomic mass is 10.1. The molecule has 0 rings (SSSR count). The zero-order valence-corrected chi connectivity index (χ0v) is 25.0. The van der Waals surface area contributed by atoms with E-state index in [-0.39, 0.29) is 0 Å². The summed E-state index contributed by atoms with van der Waals surface area (Å²) in [5, 5.41) is 0. The molecular weight excluding hydrogens is 422 g/mol. The third kappa shape index (κ3) is 30.9. The van der Waals surface area contributed by atoms with Crippen LogP contribution in [0, 0.1) is 0 Å². The highest BCUT2D eigenvalue weighted by Gasteiger charge is 1.99. The van der Waals surface area contributed by atoms with E-state index in [0.717, 1.165) is 8.27 Å². The quantitative estimate of drug-likeness (QED) is 0.0726. The van der Waals surface area contributed by atoms with E-state index < -0.39 is 0 Å². The molecule has 0 saturated carbocycles. The van der Waals surface area contributed by atoms with Crippen molar-refractivity contribution in [3.05, 3.63) is 0 Å². The third-order valence-corrected chi connectivity index (χ3v) is 11.2. The lowest BCUT2D eigenvalue weighted by Gasteiger charge is -2.03. The molecule has 0 fully saturated rings. The molecule has 0 radical (unpaired) electrons. The topological polar surface area (TPSA) is 0 Å². The fourth-order valence-corrected chi connectivity index (χ4v) is 8.52. The highest BCUT2D eigenvalue weighted by Crippen LogP contribution is 2.38. The first kappa shape index (κ1) is 32.9. The van der Waals surface area contributed by atoms with E-state index in [2.05, 4.69) is 13.8 Å². The summed E-state index contributed by atoms with van der Waals surface area (Å²) in [6, 6.07) is 0. The fraction of sp³-hybridized carbons (Fsp3) is 1.00. The molecule has 0 bridgehead atoms. The Balaban J connectivity index is 2.98. The Labute approximate surface area is 209 Å². The van der Waals surface area contributed by atoms with Crippen LogP contribution in [0.2, 0.25) is 0 Å². The Morgan fingerprint density at radius 2 is 0.625 bits per heavy atom. The smallest absolute Gasteiger partial charge is 0.0569 e. The van der Waals surface area contributed by atoms with E-state index in [1.165, 1.54) is 169 Å². The summed E-state index contributed by atoms with van der Waals surface area (Å²) in [5.41, 5.74) is 0. The van der Waals surface area contributed by atoms with Crippen LogP contribution >= 0.6 is 16.5 Å². The van der Waals surface area contributed by atoms with Crippen LogP contribution in [0.4, 0.5) is 0 Å². The minimum Gasteiger partial charge on any atom is -0.0654 e. The van der Waals surface area contributed by atoms with Crippen molar-refractivity contribution in [3.63, 3.8) is 0 Å². The van der Waals surface area contributed by atoms with E-state index in [9.17, 15) is 0 Å². The molecule has 0 aromatic rings. The molecule has 0 N–H and O–H groups in total. The SMILES string of the molecule is CCCCCCCCCCCCCCCP[PH2+]CCCCCCCCCCCCCCC. The van der Waals surface area contributed by atoms with Gasteiger partial charge in [0, 0.05) is 16.5 Å². The molecule has 0 aromatic heterocycles. The summed E-state index contributed by atoms with van der Waals surface area (Å²) in [4.78, 5) is 0. The molecule has 0 spiro atoms. The average molecular weight is 488 g/mol. The van der Waals surface area contributed by atoms with E-state index >= 15 is 0 Å². The van der Waals surface area contributed by atoms with Gasteiger partial charge in [-0.05, 0) is 25.4 Å². The van der Waals surface area contributed by atoms with Gasteiger partial charge in [0.15, 0.2) is 0 Å². The van der Waals surface area contributed by atoms with Crippen LogP contribution in [0.5, 0.6) is 0 Å². The Morgan fingerprint density at radius 1 is 0.344 bits per heavy atom. The van der Waals surface area contributed by atoms with Crippen molar-refractivity contribution < 1.29 is 0 Å². The molecular formula is C30H65P2+. The van der Waals surface area contributed by atoms with Crippen LogP contribution < -0.4 is 0 Å². The van der Waals surface area contributed by atoms with Crippen molar-refractivity contribution in [2.24, 2.45) is 0 Å². The van der Waals surface area contributed by atoms with E-state index in [1.54, 1.807) is 18.7 Å². The highest BCUT2D eigenvalue weighted by molar-refractivity contribution is 8.11. The normalized spacial score (nSPS) is 12.2. The number of unbranched alkanes of at least 4 members (excludes halogenated alkanes) is 24. The van der Waals surface area contributed by atoms with Gasteiger partial charge < -0.3 is 0 Å². The molecule has 0 nitrogen and oxygen atoms in total. The summed E-state index contributed by atoms with van der Waals surface area (Å²) >= 11 is 0. The van der Waals surface area contributed by atoms with Crippen molar-refractivity contribution in [2.75, 3.05) is 12.3 Å². The van der Waals surface area contributed by atoms with E-state index in [4.69, 9.17) is 0 Å². The van der Waals surface area contributed by atoms with Gasteiger partial charge in [-0.15, -0.1) is 0 Å². The van der Waals surface area contributed by atoms with Crippen LogP contribution in [-0.2, 0) is 0 Å². The molecule has 194 valence electrons. The predicted molar refractivity (Wildman–Crippen MR) is 159 cm³/mol. The van der Waals surface area contributed by atoms with Gasteiger partial charge in [-0.2, -0.15) is 0 Å². The zero-order chi connectivity index (χ0) is 23.2. The third-order valence-electron chi connectivity index (χ3n) is 7.02. The van der Waals surface area contributed by atoms with Crippen molar-refractivity contribution in [1.82, 2.24) is 0 Å². The maximum Gasteiger partial charge on any atom is 0.0569 e. The molecule has 0 aromatic carbocycles. The maximum absolute atomic E-state index is 2.31. The zero-order valence-electron chi connectivity index (χ0n) is 22.9. The Bertz CT molecular complexity index is 275. The molecule has 0 heterocycles. The molecule has 0 amide bonds. The Morgan fingerprint density at radius 3 is 0.969 bits per heavy atom. The summed E-state index contributed by atoms with van der Waals surface area (Å²) in [6.45, 7) is 4.62. The van der Waals surface area contributed by atoms with Gasteiger partial charge in [0.1, 0.15) is 0 Å². The molecule has 2 heteroatoms. The molecule has 0 aliphatic heterocycles. The summed E-state index contributed by atoms with van der Waals surface area (Å²) < 4.78 is 0. The Kier molecular flexibility index (Phi) is 32.7. The molecule has 0 aliphatic carbocycles. The Hall–Kier alpha value is 0.860. The lowest BCUT2D eigenvalue weighted by Crippen LogP contribution is -1.84. The number of hydrogen-bond donors (Lipinski definition) is 0. The first-order chi connectivity index (χ1) is 15.9. The molecule has 2 atom stereocenters. The van der Waals surface area contributed by atoms with Crippen LogP contribution in [0.3, 0.4) is 0 Å². The van der Waals surface area contributed by atoms with Crippen molar-refractivity contribution >= 4 is 16.5 Å². The fourth-order valence-electron chi connectivity index (χ4n) is 4.71. The van der Waals surface area contributed by atoms with Crippen LogP contribution in [-0.4, -0.2) is 12.3 Å². The lowest BCUT2D eigenvalue weighted by molar-refractivity contribution is 0.543. The van der Waals surface area contributed by atoms with E-state index in [1.807, 2.05) is 0 Å². The largest absolute Gasteiger partial charge is 0.0654 e. The second kappa shape index (κ2) is 31.9. The van der Waals surface area contributed by atoms with Crippen molar-refractivity contribution in [3.8, 4) is 0 Å². The molecule has 32 heavy (non-hydrogen) atoms. The van der Waals surface area contributed by atoms with Crippen LogP contribution in [0.1, 0.15) is 181 Å². The van der Waals surface area contributed by atoms with Gasteiger partial charge in [-0.1, -0.05) is 162 Å². The average Bonchev–Trinajstić information content (AvgIpc) is 2.81. The van der Waals surface area contributed by atoms with Crippen LogP contribution in [0.25, 0.3) is 0 Å². The summed E-state index contributed by atoms with van der Waals surface area (Å²) in [5.74, 6) is 0. The number of hydrogen-bond acceptors (Lipinski definition) is 0. The van der Waals surface area contributed by atoms with Gasteiger partial charge in [0.2, 0.25) is 0 Å². The first-order valence-electron chi connectivity index (χ1n) is 15.5. The first-order valence-corrected chi connectivity index (χ1v) is 19.3. The van der Waals surface area contributed by atoms with Crippen molar-refractivity contribution in [1.29, 1.82) is 0 Å².